The van der Waals surface area contributed by atoms with Crippen LogP contribution in [-0.4, -0.2) is 0 Å². The molecule has 0 spiro atoms. The molecule has 0 aromatic carbocycles. The van der Waals surface area contributed by atoms with E-state index in [1.54, 1.807) is 64.2 Å². The highest BCUT2D eigenvalue weighted by Gasteiger charge is 2.54. The molecule has 4 rings (SSSR count). The summed E-state index contributed by atoms with van der Waals surface area (Å²) in [6, 6.07) is 0. The van der Waals surface area contributed by atoms with Crippen LogP contribution in [0.15, 0.2) is 0 Å². The zero-order chi connectivity index (χ0) is 10.5. The summed E-state index contributed by atoms with van der Waals surface area (Å²) in [4.78, 5) is 0. The quantitative estimate of drug-likeness (QED) is 0.555. The first-order chi connectivity index (χ1) is 7.95. The minimum Gasteiger partial charge on any atom is -0.0530 e. The minimum atomic E-state index is 1.17. The van der Waals surface area contributed by atoms with Gasteiger partial charge in [-0.25, -0.2) is 0 Å². The highest BCUT2D eigenvalue weighted by Crippen LogP contribution is 2.62. The summed E-state index contributed by atoms with van der Waals surface area (Å²) < 4.78 is 0. The highest BCUT2D eigenvalue weighted by molar-refractivity contribution is 5.03. The zero-order valence-corrected chi connectivity index (χ0v) is 10.5. The Kier molecular flexibility index (Phi) is 2.34. The van der Waals surface area contributed by atoms with Crippen LogP contribution in [0.2, 0.25) is 0 Å². The van der Waals surface area contributed by atoms with Gasteiger partial charge in [0.15, 0.2) is 0 Å². The molecule has 0 saturated heterocycles. The van der Waals surface area contributed by atoms with Crippen molar-refractivity contribution in [1.82, 2.24) is 0 Å². The maximum atomic E-state index is 1.61. The maximum Gasteiger partial charge on any atom is -0.0324 e. The van der Waals surface area contributed by atoms with Crippen molar-refractivity contribution in [3.63, 3.8) is 0 Å². The molecule has 4 fully saturated rings. The molecule has 0 radical (unpaired) electrons. The van der Waals surface area contributed by atoms with Crippen LogP contribution in [0.5, 0.6) is 0 Å². The van der Waals surface area contributed by atoms with Crippen LogP contribution in [-0.2, 0) is 0 Å². The molecular weight excluding hydrogens is 192 g/mol. The molecule has 0 aliphatic heterocycles. The van der Waals surface area contributed by atoms with Crippen molar-refractivity contribution in [2.45, 2.75) is 64.2 Å². The fourth-order valence-corrected chi connectivity index (χ4v) is 6.41. The van der Waals surface area contributed by atoms with Crippen LogP contribution in [0.25, 0.3) is 0 Å². The average molecular weight is 218 g/mol. The number of fused-ring (bicyclic) bond motifs is 3. The lowest BCUT2D eigenvalue weighted by Gasteiger charge is -2.41. The zero-order valence-electron chi connectivity index (χ0n) is 10.5. The van der Waals surface area contributed by atoms with Gasteiger partial charge in [-0.05, 0) is 61.2 Å². The first kappa shape index (κ1) is 9.97. The molecule has 4 aliphatic rings. The van der Waals surface area contributed by atoms with Crippen molar-refractivity contribution in [2.75, 3.05) is 0 Å². The van der Waals surface area contributed by atoms with Gasteiger partial charge in [0.25, 0.3) is 0 Å². The minimum absolute atomic E-state index is 1.17. The van der Waals surface area contributed by atoms with Gasteiger partial charge >= 0.3 is 0 Å². The standard InChI is InChI=1S/C16H26/c1-2-8-13-12(7-1)14-9-3-5-11-6-4-10-15(13)16(11)14/h11-16H,1-10H2/t11?,12-,13+,14-,15-,16?/m0/s1. The molecule has 4 aliphatic carbocycles. The van der Waals surface area contributed by atoms with E-state index in [4.69, 9.17) is 0 Å². The summed E-state index contributed by atoms with van der Waals surface area (Å²) >= 11 is 0. The molecule has 6 atom stereocenters. The molecule has 0 heteroatoms. The fraction of sp³-hybridized carbons (Fsp3) is 1.00. The van der Waals surface area contributed by atoms with Gasteiger partial charge in [0.1, 0.15) is 0 Å². The molecule has 0 nitrogen and oxygen atoms in total. The third-order valence-corrected chi connectivity index (χ3v) is 6.73. The van der Waals surface area contributed by atoms with Gasteiger partial charge in [-0.3, -0.25) is 0 Å². The van der Waals surface area contributed by atoms with E-state index in [1.807, 2.05) is 0 Å². The van der Waals surface area contributed by atoms with Crippen molar-refractivity contribution in [2.24, 2.45) is 35.5 Å². The van der Waals surface area contributed by atoms with E-state index < -0.39 is 0 Å². The van der Waals surface area contributed by atoms with E-state index in [9.17, 15) is 0 Å². The third kappa shape index (κ3) is 1.28. The van der Waals surface area contributed by atoms with Gasteiger partial charge in [0, 0.05) is 0 Å². The molecule has 16 heavy (non-hydrogen) atoms. The first-order valence-electron chi connectivity index (χ1n) is 7.95. The molecule has 0 N–H and O–H groups in total. The Morgan fingerprint density at radius 1 is 0.438 bits per heavy atom. The lowest BCUT2D eigenvalue weighted by molar-refractivity contribution is 0.0817. The Morgan fingerprint density at radius 3 is 1.50 bits per heavy atom. The van der Waals surface area contributed by atoms with Crippen molar-refractivity contribution in [3.8, 4) is 0 Å². The molecule has 0 bridgehead atoms. The monoisotopic (exact) mass is 218 g/mol. The largest absolute Gasteiger partial charge is 0.0530 e. The third-order valence-electron chi connectivity index (χ3n) is 6.73. The SMILES string of the molecule is C1CC[C@H]2[C@@H](C1)[C@@H]1CCCC3CCC[C@@H]2C31. The molecule has 90 valence electrons. The van der Waals surface area contributed by atoms with Gasteiger partial charge in [-0.15, -0.1) is 0 Å². The Balaban J connectivity index is 1.68. The van der Waals surface area contributed by atoms with Gasteiger partial charge in [0.05, 0.1) is 0 Å². The number of rotatable bonds is 0. The van der Waals surface area contributed by atoms with E-state index in [0.29, 0.717) is 0 Å². The van der Waals surface area contributed by atoms with Gasteiger partial charge < -0.3 is 0 Å². The summed E-state index contributed by atoms with van der Waals surface area (Å²) in [7, 11) is 0. The van der Waals surface area contributed by atoms with Crippen LogP contribution < -0.4 is 0 Å². The molecule has 2 unspecified atom stereocenters. The van der Waals surface area contributed by atoms with E-state index in [0.717, 1.165) is 0 Å². The predicted octanol–water partition coefficient (Wildman–Crippen LogP) is 4.64. The summed E-state index contributed by atoms with van der Waals surface area (Å²) in [5.74, 6) is 7.12. The maximum absolute atomic E-state index is 1.61. The van der Waals surface area contributed by atoms with Crippen LogP contribution in [0.4, 0.5) is 0 Å². The second-order valence-corrected chi connectivity index (χ2v) is 7.14. The predicted molar refractivity (Wildman–Crippen MR) is 67.1 cm³/mol. The average Bonchev–Trinajstić information content (AvgIpc) is 2.68. The lowest BCUT2D eigenvalue weighted by Crippen LogP contribution is -2.33. The second kappa shape index (κ2) is 3.75. The summed E-state index contributed by atoms with van der Waals surface area (Å²) in [5, 5.41) is 0. The van der Waals surface area contributed by atoms with Crippen molar-refractivity contribution < 1.29 is 0 Å². The van der Waals surface area contributed by atoms with E-state index in [1.165, 1.54) is 35.5 Å². The highest BCUT2D eigenvalue weighted by atomic mass is 14.6. The van der Waals surface area contributed by atoms with Crippen LogP contribution in [0.3, 0.4) is 0 Å². The fourth-order valence-electron chi connectivity index (χ4n) is 6.41. The van der Waals surface area contributed by atoms with Gasteiger partial charge in [0.2, 0.25) is 0 Å². The van der Waals surface area contributed by atoms with Crippen molar-refractivity contribution >= 4 is 0 Å². The van der Waals surface area contributed by atoms with Crippen molar-refractivity contribution in [1.29, 1.82) is 0 Å². The second-order valence-electron chi connectivity index (χ2n) is 7.14. The van der Waals surface area contributed by atoms with E-state index >= 15 is 0 Å². The Hall–Kier alpha value is 0. The summed E-state index contributed by atoms with van der Waals surface area (Å²) in [6.07, 6.45) is 15.9. The topological polar surface area (TPSA) is 0 Å². The van der Waals surface area contributed by atoms with Gasteiger partial charge in [-0.2, -0.15) is 0 Å². The van der Waals surface area contributed by atoms with Crippen LogP contribution in [0, 0.1) is 35.5 Å². The summed E-state index contributed by atoms with van der Waals surface area (Å²) in [6.45, 7) is 0. The summed E-state index contributed by atoms with van der Waals surface area (Å²) in [5.41, 5.74) is 0. The van der Waals surface area contributed by atoms with E-state index in [2.05, 4.69) is 0 Å². The molecule has 0 aromatic heterocycles. The molecule has 0 heterocycles. The molecule has 0 amide bonds. The number of hydrogen-bond acceptors (Lipinski definition) is 0. The molecule has 4 saturated carbocycles. The molecule has 0 aromatic rings. The van der Waals surface area contributed by atoms with E-state index in [-0.39, 0.29) is 0 Å². The Morgan fingerprint density at radius 2 is 0.938 bits per heavy atom. The Bertz CT molecular complexity index is 243. The Labute approximate surface area is 100 Å². The van der Waals surface area contributed by atoms with Crippen LogP contribution >= 0.6 is 0 Å². The van der Waals surface area contributed by atoms with Crippen molar-refractivity contribution in [3.05, 3.63) is 0 Å². The normalized spacial score (nSPS) is 55.5. The first-order valence-corrected chi connectivity index (χ1v) is 7.95. The lowest BCUT2D eigenvalue weighted by atomic mass is 9.64. The van der Waals surface area contributed by atoms with Crippen LogP contribution in [0.1, 0.15) is 64.2 Å². The van der Waals surface area contributed by atoms with Gasteiger partial charge in [-0.1, -0.05) is 38.5 Å². The smallest absolute Gasteiger partial charge is 0.0324 e. The number of hydrogen-bond donors (Lipinski definition) is 0. The molecular formula is C16H26.